The van der Waals surface area contributed by atoms with Gasteiger partial charge in [0.15, 0.2) is 29.8 Å². The number of nitrogens with one attached hydrogen (secondary N) is 1. The second kappa shape index (κ2) is 11.7. The van der Waals surface area contributed by atoms with E-state index in [0.717, 1.165) is 21.9 Å². The summed E-state index contributed by atoms with van der Waals surface area (Å²) in [6.07, 6.45) is 5.59. The molecular weight excluding hydrogens is 602 g/mol. The smallest absolute Gasteiger partial charge is 0.352 e. The molecule has 3 aromatic heterocycles. The monoisotopic (exact) mass is 624 g/mol. The maximum absolute atomic E-state index is 13.1. The highest BCUT2D eigenvalue weighted by atomic mass is 35.5. The van der Waals surface area contributed by atoms with Crippen LogP contribution < -0.4 is 15.6 Å². The number of β-lactam (4-membered cyclic amide) rings is 1. The topological polar surface area (TPSA) is 176 Å². The van der Waals surface area contributed by atoms with Crippen LogP contribution in [0.15, 0.2) is 52.2 Å². The first-order valence-corrected chi connectivity index (χ1v) is 14.9. The molecule has 0 saturated carbocycles. The Morgan fingerprint density at radius 1 is 1.43 bits per heavy atom. The molecule has 0 spiro atoms. The van der Waals surface area contributed by atoms with Crippen LogP contribution in [0.2, 0.25) is 4.34 Å². The summed E-state index contributed by atoms with van der Waals surface area (Å²) < 4.78 is 3.97. The van der Waals surface area contributed by atoms with Crippen LogP contribution in [0.1, 0.15) is 5.69 Å². The van der Waals surface area contributed by atoms with Crippen molar-refractivity contribution in [2.75, 3.05) is 31.0 Å². The third-order valence-electron chi connectivity index (χ3n) is 6.09. The van der Waals surface area contributed by atoms with E-state index in [1.807, 2.05) is 39.7 Å². The zero-order valence-electron chi connectivity index (χ0n) is 20.8. The van der Waals surface area contributed by atoms with Crippen LogP contribution in [0.25, 0.3) is 5.52 Å². The number of aliphatic carboxylic acids is 1. The number of carboxylic acids is 1. The first-order chi connectivity index (χ1) is 19.2. The van der Waals surface area contributed by atoms with Gasteiger partial charge in [-0.05, 0) is 12.1 Å². The molecule has 0 aliphatic carbocycles. The van der Waals surface area contributed by atoms with Crippen LogP contribution in [0.4, 0.5) is 5.13 Å². The van der Waals surface area contributed by atoms with E-state index in [0.29, 0.717) is 17.1 Å². The third kappa shape index (κ3) is 5.24. The molecule has 210 valence electrons. The van der Waals surface area contributed by atoms with Crippen molar-refractivity contribution >= 4 is 80.6 Å². The predicted octanol–water partition coefficient (Wildman–Crippen LogP) is 0.793. The fraction of sp³-hybridized carbons (Fsp3) is 0.304. The largest absolute Gasteiger partial charge is 0.477 e. The van der Waals surface area contributed by atoms with Crippen LogP contribution in [-0.2, 0) is 25.8 Å². The van der Waals surface area contributed by atoms with E-state index in [1.54, 1.807) is 0 Å². The lowest BCUT2D eigenvalue weighted by Gasteiger charge is -2.49. The Morgan fingerprint density at radius 3 is 2.90 bits per heavy atom. The summed E-state index contributed by atoms with van der Waals surface area (Å²) in [5, 5.41) is 25.9. The molecule has 2 atom stereocenters. The fourth-order valence-corrected chi connectivity index (χ4v) is 7.46. The van der Waals surface area contributed by atoms with E-state index in [9.17, 15) is 19.5 Å². The molecule has 5 rings (SSSR count). The number of aromatic nitrogens is 3. The third-order valence-corrected chi connectivity index (χ3v) is 9.53. The molecule has 3 aromatic rings. The molecule has 0 bridgehead atoms. The number of nitrogen functional groups attached to an aromatic ring is 1. The van der Waals surface area contributed by atoms with Gasteiger partial charge in [0, 0.05) is 17.1 Å². The van der Waals surface area contributed by atoms with Gasteiger partial charge in [-0.1, -0.05) is 28.1 Å². The van der Waals surface area contributed by atoms with Crippen LogP contribution in [0, 0.1) is 0 Å². The lowest BCUT2D eigenvalue weighted by molar-refractivity contribution is -0.688. The van der Waals surface area contributed by atoms with Crippen molar-refractivity contribution in [3.8, 4) is 0 Å². The summed E-state index contributed by atoms with van der Waals surface area (Å²) in [6.45, 7) is 0.337. The number of oxime groups is 1. The summed E-state index contributed by atoms with van der Waals surface area (Å²) in [4.78, 5) is 48.4. The van der Waals surface area contributed by atoms with Gasteiger partial charge in [0.1, 0.15) is 39.8 Å². The normalized spacial score (nSPS) is 19.0. The van der Waals surface area contributed by atoms with Gasteiger partial charge in [0.25, 0.3) is 11.8 Å². The van der Waals surface area contributed by atoms with Gasteiger partial charge in [-0.3, -0.25) is 14.5 Å². The number of thioether (sulfide) groups is 2. The highest BCUT2D eigenvalue weighted by Gasteiger charge is 2.55. The van der Waals surface area contributed by atoms with Crippen molar-refractivity contribution in [2.45, 2.75) is 23.0 Å². The zero-order valence-corrected chi connectivity index (χ0v) is 24.0. The van der Waals surface area contributed by atoms with Crippen LogP contribution in [-0.4, -0.2) is 84.6 Å². The summed E-state index contributed by atoms with van der Waals surface area (Å²) in [7, 11) is 1.25. The molecule has 2 aliphatic rings. The maximum atomic E-state index is 13.1. The van der Waals surface area contributed by atoms with E-state index in [2.05, 4.69) is 15.5 Å². The quantitative estimate of drug-likeness (QED) is 0.0829. The second-order valence-electron chi connectivity index (χ2n) is 8.55. The van der Waals surface area contributed by atoms with Gasteiger partial charge in [0.05, 0.1) is 17.8 Å². The van der Waals surface area contributed by atoms with Crippen LogP contribution in [0.3, 0.4) is 0 Å². The number of fused-ring (bicyclic) bond motifs is 2. The summed E-state index contributed by atoms with van der Waals surface area (Å²) in [5.74, 6) is -1.62. The number of carbonyl (C=O) groups is 3. The van der Waals surface area contributed by atoms with Crippen LogP contribution >= 0.6 is 46.5 Å². The van der Waals surface area contributed by atoms with Crippen molar-refractivity contribution in [2.24, 2.45) is 5.16 Å². The number of aliphatic hydroxyl groups is 1. The molecule has 0 aromatic carbocycles. The number of halogens is 1. The van der Waals surface area contributed by atoms with Crippen molar-refractivity contribution < 1.29 is 34.0 Å². The number of thiazole rings is 1. The van der Waals surface area contributed by atoms with E-state index in [-0.39, 0.29) is 39.7 Å². The number of rotatable bonds is 10. The minimum atomic E-state index is -1.23. The van der Waals surface area contributed by atoms with Gasteiger partial charge in [0.2, 0.25) is 0 Å². The number of carboxylic acid groups (broad SMARTS) is 1. The van der Waals surface area contributed by atoms with E-state index in [1.165, 1.54) is 35.5 Å². The Kier molecular flexibility index (Phi) is 8.23. The summed E-state index contributed by atoms with van der Waals surface area (Å²) in [6, 6.07) is 2.91. The molecule has 40 heavy (non-hydrogen) atoms. The maximum Gasteiger partial charge on any atom is 0.352 e. The average molecular weight is 625 g/mol. The molecule has 1 saturated heterocycles. The van der Waals surface area contributed by atoms with Crippen molar-refractivity contribution in [1.29, 1.82) is 0 Å². The molecule has 2 aliphatic heterocycles. The number of hydrogen-bond donors (Lipinski definition) is 4. The number of anilines is 1. The fourth-order valence-electron chi connectivity index (χ4n) is 4.42. The zero-order chi connectivity index (χ0) is 28.6. The van der Waals surface area contributed by atoms with E-state index < -0.39 is 29.2 Å². The van der Waals surface area contributed by atoms with Crippen LogP contribution in [0.5, 0.6) is 0 Å². The molecule has 2 amide bonds. The van der Waals surface area contributed by atoms with Crippen molar-refractivity contribution in [3.63, 3.8) is 0 Å². The minimum Gasteiger partial charge on any atom is -0.477 e. The molecule has 0 radical (unpaired) electrons. The Morgan fingerprint density at radius 2 is 2.23 bits per heavy atom. The number of aliphatic hydroxyl groups excluding tert-OH is 1. The molecule has 5 heterocycles. The van der Waals surface area contributed by atoms with Gasteiger partial charge in [-0.25, -0.2) is 9.78 Å². The first-order valence-electron chi connectivity index (χ1n) is 11.7. The summed E-state index contributed by atoms with van der Waals surface area (Å²) >= 11 is 9.97. The molecular formula is C23H23ClN7O6S3+. The highest BCUT2D eigenvalue weighted by molar-refractivity contribution is 8.00. The predicted molar refractivity (Wildman–Crippen MR) is 150 cm³/mol. The number of nitrogens with zero attached hydrogens (tertiary/aromatic N) is 5. The lowest BCUT2D eigenvalue weighted by Crippen LogP contribution is -2.71. The standard InChI is InChI=1S/C23H22ClN7O6S3/c1-37-28-15(14-18(24)40-23(25)27-14)19(33)26-16-20(34)31-17(22(35)36)11(10-39-21(16)31)8-29-4-5-30-12(9-29)2-3-13(30)38-7-6-32/h2-5,9,16,21,32H,6-8,10H2,1H3,(H3-,25,26,27,33,35,36)/p+1/b28-15-/t16-,21+/m1/s1. The minimum absolute atomic E-state index is 0.0212. The highest BCUT2D eigenvalue weighted by Crippen LogP contribution is 2.40. The van der Waals surface area contributed by atoms with Crippen molar-refractivity contribution in [1.82, 2.24) is 19.6 Å². The van der Waals surface area contributed by atoms with Crippen molar-refractivity contribution in [3.05, 3.63) is 52.0 Å². The Balaban J connectivity index is 1.34. The molecule has 17 heteroatoms. The number of hydrogen-bond acceptors (Lipinski definition) is 11. The Labute approximate surface area is 244 Å². The number of amides is 2. The Hall–Kier alpha value is -3.31. The Bertz CT molecular complexity index is 1570. The first kappa shape index (κ1) is 28.2. The van der Waals surface area contributed by atoms with Gasteiger partial charge >= 0.3 is 5.97 Å². The summed E-state index contributed by atoms with van der Waals surface area (Å²) in [5.41, 5.74) is 6.82. The van der Waals surface area contributed by atoms with Gasteiger partial charge in [-0.2, -0.15) is 4.57 Å². The molecule has 0 unspecified atom stereocenters. The van der Waals surface area contributed by atoms with E-state index in [4.69, 9.17) is 27.3 Å². The van der Waals surface area contributed by atoms with Gasteiger partial charge in [-0.15, -0.1) is 23.5 Å². The van der Waals surface area contributed by atoms with E-state index >= 15 is 0 Å². The molecule has 13 nitrogen and oxygen atoms in total. The lowest BCUT2D eigenvalue weighted by atomic mass is 10.0. The molecule has 1 fully saturated rings. The average Bonchev–Trinajstić information content (AvgIpc) is 3.49. The van der Waals surface area contributed by atoms with Gasteiger partial charge < -0.3 is 30.5 Å². The second-order valence-corrected chi connectivity index (χ2v) is 12.4. The number of nitrogens with two attached hydrogens (primary N) is 1. The SMILES string of the molecule is CO/N=C(\C(=O)N[C@@H]1C(=O)N2C(C(=O)O)=C(C[n+]3ccn4c(SCCO)ccc4c3)CS[C@@H]12)c1nc(N)sc1Cl. The number of carbonyl (C=O) groups excluding carboxylic acids is 2. The molecule has 5 N–H and O–H groups in total.